The van der Waals surface area contributed by atoms with Gasteiger partial charge in [-0.2, -0.15) is 5.26 Å². The normalized spacial score (nSPS) is 23.6. The molecule has 5 atom stereocenters. The van der Waals surface area contributed by atoms with Crippen molar-refractivity contribution in [2.45, 2.75) is 76.9 Å². The first-order chi connectivity index (χ1) is 15.5. The van der Waals surface area contributed by atoms with Crippen molar-refractivity contribution < 1.29 is 10.2 Å². The second kappa shape index (κ2) is 11.4. The van der Waals surface area contributed by atoms with Crippen molar-refractivity contribution in [1.29, 1.82) is 5.26 Å². The van der Waals surface area contributed by atoms with E-state index in [4.69, 9.17) is 0 Å². The van der Waals surface area contributed by atoms with Crippen LogP contribution in [0.3, 0.4) is 0 Å². The Kier molecular flexibility index (Phi) is 8.55. The molecule has 0 aromatic heterocycles. The molecule has 5 nitrogen and oxygen atoms in total. The van der Waals surface area contributed by atoms with Crippen LogP contribution in [0.5, 0.6) is 0 Å². The van der Waals surface area contributed by atoms with Gasteiger partial charge in [0.25, 0.3) is 0 Å². The number of nitrogens with zero attached hydrogens (tertiary/aromatic N) is 2. The van der Waals surface area contributed by atoms with Crippen LogP contribution in [0.1, 0.15) is 80.2 Å². The average Bonchev–Trinajstić information content (AvgIpc) is 3.12. The number of aryl methyl sites for hydroxylation is 1. The number of hydrogen-bond donors (Lipinski definition) is 2. The highest BCUT2D eigenvalue weighted by Crippen LogP contribution is 2.46. The summed E-state index contributed by atoms with van der Waals surface area (Å²) >= 11 is 0. The number of nitroso groups, excluding NO2 is 1. The minimum Gasteiger partial charge on any atom is -0.392 e. The molecular formula is C27H34N2O3. The minimum absolute atomic E-state index is 0.129. The zero-order valence-corrected chi connectivity index (χ0v) is 19.1. The van der Waals surface area contributed by atoms with Crippen LogP contribution in [0.4, 0.5) is 5.69 Å². The fourth-order valence-electron chi connectivity index (χ4n) is 5.19. The first-order valence-corrected chi connectivity index (χ1v) is 11.8. The maximum absolute atomic E-state index is 11.7. The second-order valence-electron chi connectivity index (χ2n) is 9.03. The predicted octanol–water partition coefficient (Wildman–Crippen LogP) is 6.11. The van der Waals surface area contributed by atoms with Gasteiger partial charge in [0.15, 0.2) is 0 Å². The molecule has 2 N–H and O–H groups in total. The third-order valence-electron chi connectivity index (χ3n) is 6.83. The van der Waals surface area contributed by atoms with Crippen molar-refractivity contribution in [3.05, 3.63) is 69.6 Å². The van der Waals surface area contributed by atoms with Crippen LogP contribution in [0.2, 0.25) is 0 Å². The molecule has 32 heavy (non-hydrogen) atoms. The third kappa shape index (κ3) is 5.26. The molecule has 3 rings (SSSR count). The van der Waals surface area contributed by atoms with Gasteiger partial charge in [0.1, 0.15) is 5.69 Å². The molecule has 3 unspecified atom stereocenters. The topological polar surface area (TPSA) is 93.7 Å². The molecule has 2 aromatic rings. The summed E-state index contributed by atoms with van der Waals surface area (Å²) < 4.78 is 0. The van der Waals surface area contributed by atoms with Crippen LogP contribution in [0.15, 0.2) is 47.6 Å². The van der Waals surface area contributed by atoms with E-state index < -0.39 is 12.2 Å². The quantitative estimate of drug-likeness (QED) is 0.441. The standard InChI is InChI=1S/C27H34N2O3/c1-3-5-13-24(30)19-10-7-11-20(14-19)26-23(22(17-28)16-25(26)31)15-21-12-6-9-18(8-4-2)27(21)29-32/h6-7,9-12,14,22-26,30-31H,3-5,8,13,15-16H2,1-2H3/t22-,23?,24?,25+,26?/m0/s1. The fourth-order valence-corrected chi connectivity index (χ4v) is 5.19. The highest BCUT2D eigenvalue weighted by Gasteiger charge is 2.43. The Bertz CT molecular complexity index is 952. The molecule has 0 bridgehead atoms. The van der Waals surface area contributed by atoms with Gasteiger partial charge in [-0.15, -0.1) is 4.91 Å². The lowest BCUT2D eigenvalue weighted by Crippen LogP contribution is -2.21. The van der Waals surface area contributed by atoms with Crippen LogP contribution in [-0.4, -0.2) is 16.3 Å². The Morgan fingerprint density at radius 2 is 1.91 bits per heavy atom. The summed E-state index contributed by atoms with van der Waals surface area (Å²) in [6.45, 7) is 4.17. The molecular weight excluding hydrogens is 400 g/mol. The zero-order valence-electron chi connectivity index (χ0n) is 19.1. The van der Waals surface area contributed by atoms with E-state index in [2.05, 4.69) is 25.1 Å². The van der Waals surface area contributed by atoms with Crippen LogP contribution in [-0.2, 0) is 12.8 Å². The van der Waals surface area contributed by atoms with Crippen LogP contribution < -0.4 is 0 Å². The zero-order chi connectivity index (χ0) is 23.1. The minimum atomic E-state index is -0.640. The average molecular weight is 435 g/mol. The predicted molar refractivity (Wildman–Crippen MR) is 126 cm³/mol. The molecule has 170 valence electrons. The molecule has 0 amide bonds. The van der Waals surface area contributed by atoms with Gasteiger partial charge in [0.2, 0.25) is 0 Å². The Morgan fingerprint density at radius 1 is 1.16 bits per heavy atom. The first kappa shape index (κ1) is 24.1. The van der Waals surface area contributed by atoms with E-state index in [0.717, 1.165) is 47.9 Å². The molecule has 0 heterocycles. The molecule has 0 aliphatic heterocycles. The molecule has 1 saturated carbocycles. The summed E-state index contributed by atoms with van der Waals surface area (Å²) in [7, 11) is 0. The van der Waals surface area contributed by atoms with E-state index in [1.165, 1.54) is 0 Å². The van der Waals surface area contributed by atoms with E-state index >= 15 is 0 Å². The van der Waals surface area contributed by atoms with E-state index in [1.807, 2.05) is 42.5 Å². The summed E-state index contributed by atoms with van der Waals surface area (Å²) in [5, 5.41) is 34.7. The van der Waals surface area contributed by atoms with Crippen molar-refractivity contribution in [3.63, 3.8) is 0 Å². The van der Waals surface area contributed by atoms with E-state index in [1.54, 1.807) is 0 Å². The Morgan fingerprint density at radius 3 is 2.59 bits per heavy atom. The van der Waals surface area contributed by atoms with Crippen molar-refractivity contribution in [2.75, 3.05) is 0 Å². The van der Waals surface area contributed by atoms with E-state index in [9.17, 15) is 20.4 Å². The maximum atomic E-state index is 11.7. The lowest BCUT2D eigenvalue weighted by atomic mass is 9.79. The third-order valence-corrected chi connectivity index (χ3v) is 6.83. The summed E-state index contributed by atoms with van der Waals surface area (Å²) in [6, 6.07) is 16.0. The van der Waals surface area contributed by atoms with Gasteiger partial charge in [-0.05, 0) is 59.0 Å². The summed E-state index contributed by atoms with van der Waals surface area (Å²) in [6.07, 6.45) is 4.13. The molecule has 5 heteroatoms. The lowest BCUT2D eigenvalue weighted by molar-refractivity contribution is 0.152. The number of unbranched alkanes of at least 4 members (excludes halogenated alkanes) is 1. The maximum Gasteiger partial charge on any atom is 0.114 e. The number of benzene rings is 2. The van der Waals surface area contributed by atoms with Gasteiger partial charge in [-0.1, -0.05) is 75.6 Å². The smallest absolute Gasteiger partial charge is 0.114 e. The molecule has 0 spiro atoms. The SMILES string of the molecule is CCCCC(O)c1cccc(C2C(Cc3cccc(CCC)c3N=O)[C@H](C#N)C[C@H]2O)c1. The monoisotopic (exact) mass is 434 g/mol. The lowest BCUT2D eigenvalue weighted by Gasteiger charge is -2.25. The number of rotatable bonds is 10. The number of aliphatic hydroxyl groups excluding tert-OH is 2. The highest BCUT2D eigenvalue weighted by atomic mass is 16.3. The van der Waals surface area contributed by atoms with Crippen molar-refractivity contribution in [3.8, 4) is 6.07 Å². The molecule has 1 aliphatic carbocycles. The largest absolute Gasteiger partial charge is 0.392 e. The van der Waals surface area contributed by atoms with E-state index in [-0.39, 0.29) is 17.8 Å². The summed E-state index contributed by atoms with van der Waals surface area (Å²) in [5.41, 5.74) is 4.05. The van der Waals surface area contributed by atoms with E-state index in [0.29, 0.717) is 24.9 Å². The second-order valence-corrected chi connectivity index (χ2v) is 9.03. The summed E-state index contributed by atoms with van der Waals surface area (Å²) in [5.74, 6) is -0.666. The number of nitriles is 1. The van der Waals surface area contributed by atoms with Gasteiger partial charge >= 0.3 is 0 Å². The van der Waals surface area contributed by atoms with Gasteiger partial charge < -0.3 is 10.2 Å². The summed E-state index contributed by atoms with van der Waals surface area (Å²) in [4.78, 5) is 11.7. The highest BCUT2D eigenvalue weighted by molar-refractivity contribution is 5.53. The van der Waals surface area contributed by atoms with Crippen LogP contribution in [0.25, 0.3) is 0 Å². The van der Waals surface area contributed by atoms with Gasteiger partial charge in [-0.3, -0.25) is 0 Å². The molecule has 1 fully saturated rings. The molecule has 1 aliphatic rings. The van der Waals surface area contributed by atoms with Crippen molar-refractivity contribution >= 4 is 5.69 Å². The van der Waals surface area contributed by atoms with Crippen molar-refractivity contribution in [2.24, 2.45) is 17.0 Å². The Labute approximate surface area is 191 Å². The van der Waals surface area contributed by atoms with Gasteiger partial charge in [-0.25, -0.2) is 0 Å². The molecule has 0 radical (unpaired) electrons. The first-order valence-electron chi connectivity index (χ1n) is 11.8. The number of aliphatic hydroxyl groups is 2. The van der Waals surface area contributed by atoms with Crippen LogP contribution >= 0.6 is 0 Å². The fraction of sp³-hybridized carbons (Fsp3) is 0.519. The van der Waals surface area contributed by atoms with Crippen LogP contribution in [0, 0.1) is 28.1 Å². The Balaban J connectivity index is 1.94. The number of hydrogen-bond acceptors (Lipinski definition) is 5. The Hall–Kier alpha value is -2.55. The molecule has 2 aromatic carbocycles. The van der Waals surface area contributed by atoms with Gasteiger partial charge in [0.05, 0.1) is 24.2 Å². The van der Waals surface area contributed by atoms with Gasteiger partial charge in [0, 0.05) is 5.92 Å². The van der Waals surface area contributed by atoms with Crippen molar-refractivity contribution in [1.82, 2.24) is 0 Å². The molecule has 0 saturated heterocycles.